The molecule has 2 unspecified atom stereocenters. The Morgan fingerprint density at radius 1 is 1.12 bits per heavy atom. The molecule has 0 spiro atoms. The molecule has 7 nitrogen and oxygen atoms in total. The second kappa shape index (κ2) is 11.6. The molecule has 32 heavy (non-hydrogen) atoms. The van der Waals surface area contributed by atoms with E-state index in [0.717, 1.165) is 55.6 Å². The van der Waals surface area contributed by atoms with Gasteiger partial charge in [-0.1, -0.05) is 30.3 Å². The van der Waals surface area contributed by atoms with Crippen molar-refractivity contribution in [2.45, 2.75) is 24.9 Å². The van der Waals surface area contributed by atoms with Gasteiger partial charge in [0.05, 0.1) is 14.2 Å². The van der Waals surface area contributed by atoms with Crippen molar-refractivity contribution in [2.75, 3.05) is 59.9 Å². The van der Waals surface area contributed by atoms with Crippen molar-refractivity contribution in [1.29, 1.82) is 0 Å². The first-order valence-electron chi connectivity index (χ1n) is 11.2. The summed E-state index contributed by atoms with van der Waals surface area (Å²) in [5.74, 6) is 2.46. The maximum atomic E-state index is 5.43. The van der Waals surface area contributed by atoms with Gasteiger partial charge in [0.1, 0.15) is 11.5 Å². The minimum Gasteiger partial charge on any atom is -0.497 e. The lowest BCUT2D eigenvalue weighted by Crippen LogP contribution is -2.49. The van der Waals surface area contributed by atoms with Crippen LogP contribution >= 0.6 is 0 Å². The average molecular weight is 440 g/mol. The first kappa shape index (κ1) is 23.7. The number of benzene rings is 2. The van der Waals surface area contributed by atoms with Crippen molar-refractivity contribution in [3.05, 3.63) is 54.1 Å². The number of ether oxygens (including phenoxy) is 2. The Balaban J connectivity index is 1.55. The number of nitrogens with one attached hydrogen (secondary N) is 2. The fourth-order valence-corrected chi connectivity index (χ4v) is 4.01. The second-order valence-electron chi connectivity index (χ2n) is 8.41. The average Bonchev–Trinajstić information content (AvgIpc) is 3.29. The summed E-state index contributed by atoms with van der Waals surface area (Å²) in [5, 5.41) is 7.12. The fraction of sp³-hybridized carbons (Fsp3) is 0.480. The van der Waals surface area contributed by atoms with Gasteiger partial charge in [-0.2, -0.15) is 0 Å². The molecule has 0 radical (unpaired) electrons. The molecule has 0 amide bonds. The third kappa shape index (κ3) is 6.53. The molecular weight excluding hydrogens is 402 g/mol. The molecule has 1 aliphatic heterocycles. The minimum atomic E-state index is 0.324. The highest BCUT2D eigenvalue weighted by atomic mass is 16.5. The molecule has 2 aromatic rings. The predicted octanol–water partition coefficient (Wildman–Crippen LogP) is 2.62. The van der Waals surface area contributed by atoms with Crippen LogP contribution in [0.25, 0.3) is 0 Å². The van der Waals surface area contributed by atoms with Crippen molar-refractivity contribution < 1.29 is 9.47 Å². The standard InChI is InChI=1S/C25H37N5O2/c1-26-25(27-17-22(29(2)3)13-19-9-7-6-8-10-19)28-20-11-12-30(18-20)21-14-23(31-4)16-24(15-21)32-5/h6-10,14-16,20,22H,11-13,17-18H2,1-5H3,(H2,26,27,28). The van der Waals surface area contributed by atoms with Gasteiger partial charge in [-0.15, -0.1) is 0 Å². The molecule has 3 rings (SSSR count). The molecule has 1 fully saturated rings. The molecule has 0 bridgehead atoms. The Labute approximate surface area is 192 Å². The lowest BCUT2D eigenvalue weighted by atomic mass is 10.1. The lowest BCUT2D eigenvalue weighted by molar-refractivity contribution is 0.290. The Morgan fingerprint density at radius 3 is 2.41 bits per heavy atom. The SMILES string of the molecule is CN=C(NCC(Cc1ccccc1)N(C)C)NC1CCN(c2cc(OC)cc(OC)c2)C1. The molecule has 2 N–H and O–H groups in total. The molecule has 0 aromatic heterocycles. The maximum Gasteiger partial charge on any atom is 0.191 e. The molecule has 0 aliphatic carbocycles. The number of methoxy groups -OCH3 is 2. The van der Waals surface area contributed by atoms with Crippen LogP contribution in [0.2, 0.25) is 0 Å². The van der Waals surface area contributed by atoms with Gasteiger partial charge in [-0.3, -0.25) is 4.99 Å². The van der Waals surface area contributed by atoms with Crippen LogP contribution in [0, 0.1) is 0 Å². The highest BCUT2D eigenvalue weighted by Crippen LogP contribution is 2.30. The van der Waals surface area contributed by atoms with Gasteiger partial charge in [-0.25, -0.2) is 0 Å². The first-order valence-corrected chi connectivity index (χ1v) is 11.2. The summed E-state index contributed by atoms with van der Waals surface area (Å²) in [6, 6.07) is 17.3. The third-order valence-electron chi connectivity index (χ3n) is 6.00. The number of rotatable bonds is 9. The van der Waals surface area contributed by atoms with Crippen molar-refractivity contribution in [2.24, 2.45) is 4.99 Å². The van der Waals surface area contributed by atoms with Crippen LogP contribution in [-0.4, -0.2) is 77.9 Å². The molecule has 2 atom stereocenters. The van der Waals surface area contributed by atoms with E-state index in [-0.39, 0.29) is 0 Å². The molecule has 2 aromatic carbocycles. The summed E-state index contributed by atoms with van der Waals surface area (Å²) in [5.41, 5.74) is 2.46. The Kier molecular flexibility index (Phi) is 8.62. The Hall–Kier alpha value is -2.93. The quantitative estimate of drug-likeness (QED) is 0.463. The van der Waals surface area contributed by atoms with E-state index in [1.54, 1.807) is 14.2 Å². The molecule has 7 heteroatoms. The zero-order chi connectivity index (χ0) is 22.9. The van der Waals surface area contributed by atoms with E-state index in [4.69, 9.17) is 9.47 Å². The number of guanidine groups is 1. The van der Waals surface area contributed by atoms with Gasteiger partial charge in [0.25, 0.3) is 0 Å². The zero-order valence-electron chi connectivity index (χ0n) is 20.0. The predicted molar refractivity (Wildman–Crippen MR) is 132 cm³/mol. The normalized spacial score (nSPS) is 17.4. The van der Waals surface area contributed by atoms with Crippen LogP contribution < -0.4 is 25.0 Å². The van der Waals surface area contributed by atoms with Gasteiger partial charge in [-0.05, 0) is 32.5 Å². The number of anilines is 1. The maximum absolute atomic E-state index is 5.43. The van der Waals surface area contributed by atoms with E-state index in [9.17, 15) is 0 Å². The summed E-state index contributed by atoms with van der Waals surface area (Å²) in [4.78, 5) is 9.08. The van der Waals surface area contributed by atoms with Crippen molar-refractivity contribution in [3.63, 3.8) is 0 Å². The topological polar surface area (TPSA) is 61.4 Å². The summed E-state index contributed by atoms with van der Waals surface area (Å²) in [7, 11) is 9.45. The van der Waals surface area contributed by atoms with Gasteiger partial charge >= 0.3 is 0 Å². The van der Waals surface area contributed by atoms with Crippen LogP contribution in [-0.2, 0) is 6.42 Å². The van der Waals surface area contributed by atoms with Crippen LogP contribution in [0.4, 0.5) is 5.69 Å². The van der Waals surface area contributed by atoms with Gasteiger partial charge in [0.2, 0.25) is 0 Å². The Bertz CT molecular complexity index is 850. The van der Waals surface area contributed by atoms with Crippen molar-refractivity contribution >= 4 is 11.6 Å². The molecular formula is C25H37N5O2. The summed E-state index contributed by atoms with van der Waals surface area (Å²) < 4.78 is 10.9. The van der Waals surface area contributed by atoms with Crippen LogP contribution in [0.15, 0.2) is 53.5 Å². The van der Waals surface area contributed by atoms with E-state index in [2.05, 4.69) is 82.0 Å². The molecule has 1 saturated heterocycles. The Morgan fingerprint density at radius 2 is 1.81 bits per heavy atom. The summed E-state index contributed by atoms with van der Waals surface area (Å²) in [6.45, 7) is 2.70. The minimum absolute atomic E-state index is 0.324. The number of likely N-dealkylation sites (N-methyl/N-ethyl adjacent to an activating group) is 1. The largest absolute Gasteiger partial charge is 0.497 e. The van der Waals surface area contributed by atoms with E-state index >= 15 is 0 Å². The number of nitrogens with zero attached hydrogens (tertiary/aromatic N) is 3. The number of aliphatic imine (C=N–C) groups is 1. The van der Waals surface area contributed by atoms with Gasteiger partial charge in [0.15, 0.2) is 5.96 Å². The monoisotopic (exact) mass is 439 g/mol. The van der Waals surface area contributed by atoms with E-state index in [0.29, 0.717) is 12.1 Å². The fourth-order valence-electron chi connectivity index (χ4n) is 4.01. The third-order valence-corrected chi connectivity index (χ3v) is 6.00. The number of hydrogen-bond donors (Lipinski definition) is 2. The zero-order valence-corrected chi connectivity index (χ0v) is 20.0. The first-order chi connectivity index (χ1) is 15.5. The van der Waals surface area contributed by atoms with Crippen LogP contribution in [0.3, 0.4) is 0 Å². The van der Waals surface area contributed by atoms with Gasteiger partial charge < -0.3 is 29.9 Å². The molecule has 174 valence electrons. The van der Waals surface area contributed by atoms with Crippen molar-refractivity contribution in [3.8, 4) is 11.5 Å². The molecule has 1 heterocycles. The van der Waals surface area contributed by atoms with E-state index in [1.807, 2.05) is 13.1 Å². The molecule has 1 aliphatic rings. The lowest BCUT2D eigenvalue weighted by Gasteiger charge is -2.26. The van der Waals surface area contributed by atoms with Crippen LogP contribution in [0.5, 0.6) is 11.5 Å². The van der Waals surface area contributed by atoms with Gasteiger partial charge in [0, 0.05) is 62.7 Å². The summed E-state index contributed by atoms with van der Waals surface area (Å²) in [6.07, 6.45) is 2.04. The van der Waals surface area contributed by atoms with E-state index in [1.165, 1.54) is 5.56 Å². The molecule has 0 saturated carbocycles. The van der Waals surface area contributed by atoms with Crippen LogP contribution in [0.1, 0.15) is 12.0 Å². The van der Waals surface area contributed by atoms with Crippen molar-refractivity contribution in [1.82, 2.24) is 15.5 Å². The highest BCUT2D eigenvalue weighted by molar-refractivity contribution is 5.80. The highest BCUT2D eigenvalue weighted by Gasteiger charge is 2.24. The second-order valence-corrected chi connectivity index (χ2v) is 8.41. The van der Waals surface area contributed by atoms with E-state index < -0.39 is 0 Å². The summed E-state index contributed by atoms with van der Waals surface area (Å²) >= 11 is 0. The number of hydrogen-bond acceptors (Lipinski definition) is 5. The smallest absolute Gasteiger partial charge is 0.191 e.